The summed E-state index contributed by atoms with van der Waals surface area (Å²) in [5.74, 6) is -0.682. The van der Waals surface area contributed by atoms with E-state index in [1.807, 2.05) is 0 Å². The van der Waals surface area contributed by atoms with E-state index in [1.165, 1.54) is 54.6 Å². The number of rotatable bonds is 7. The number of fused-ring (bicyclic) bond motifs is 1. The third kappa shape index (κ3) is 7.34. The smallest absolute Gasteiger partial charge is 0.416 e. The number of carbonyl (C=O) groups is 2. The fourth-order valence-corrected chi connectivity index (χ4v) is 3.99. The number of halogens is 6. The molecule has 0 radical (unpaired) electrons. The molecule has 4 rings (SSSR count). The zero-order chi connectivity index (χ0) is 29.8. The van der Waals surface area contributed by atoms with Gasteiger partial charge in [0, 0.05) is 24.8 Å². The standard InChI is InChI=1S/C29H22F6N2O4/c30-28(31,32)19-8-4-17(5-9-19)22(18-6-10-20(11-7-18)29(33,34)35)2-1-3-26(39)36-21-12-13-24-23(16-21)37-27(40)25(41-24)14-15-38/h1-13,16,25,38H,14-15H2,(H,36,39)(H,37,40). The molecule has 0 saturated carbocycles. The van der Waals surface area contributed by atoms with Crippen LogP contribution in [0.1, 0.15) is 28.7 Å². The van der Waals surface area contributed by atoms with Crippen molar-refractivity contribution in [3.63, 3.8) is 0 Å². The lowest BCUT2D eigenvalue weighted by Gasteiger charge is -2.25. The van der Waals surface area contributed by atoms with Crippen LogP contribution in [0, 0.1) is 0 Å². The molecule has 1 unspecified atom stereocenters. The summed E-state index contributed by atoms with van der Waals surface area (Å²) in [5, 5.41) is 14.3. The first kappa shape index (κ1) is 29.4. The largest absolute Gasteiger partial charge is 0.478 e. The molecule has 3 aromatic carbocycles. The monoisotopic (exact) mass is 576 g/mol. The molecule has 12 heteroatoms. The minimum Gasteiger partial charge on any atom is -0.478 e. The van der Waals surface area contributed by atoms with Crippen LogP contribution in [0.3, 0.4) is 0 Å². The number of aliphatic hydroxyl groups is 1. The molecule has 1 aliphatic rings. The van der Waals surface area contributed by atoms with Crippen LogP contribution in [-0.2, 0) is 21.9 Å². The molecule has 0 aliphatic carbocycles. The number of aliphatic hydroxyl groups excluding tert-OH is 1. The molecule has 1 atom stereocenters. The van der Waals surface area contributed by atoms with E-state index < -0.39 is 41.4 Å². The second kappa shape index (κ2) is 11.9. The van der Waals surface area contributed by atoms with Crippen molar-refractivity contribution in [2.75, 3.05) is 17.2 Å². The maximum Gasteiger partial charge on any atom is 0.416 e. The molecule has 0 aromatic heterocycles. The van der Waals surface area contributed by atoms with Gasteiger partial charge >= 0.3 is 12.4 Å². The highest BCUT2D eigenvalue weighted by atomic mass is 19.4. The van der Waals surface area contributed by atoms with Gasteiger partial charge in [-0.05, 0) is 59.2 Å². The lowest BCUT2D eigenvalue weighted by molar-refractivity contribution is -0.138. The van der Waals surface area contributed by atoms with Crippen molar-refractivity contribution in [3.8, 4) is 5.75 Å². The highest BCUT2D eigenvalue weighted by molar-refractivity contribution is 6.02. The van der Waals surface area contributed by atoms with Gasteiger partial charge in [-0.15, -0.1) is 0 Å². The van der Waals surface area contributed by atoms with Gasteiger partial charge in [-0.25, -0.2) is 0 Å². The molecule has 6 nitrogen and oxygen atoms in total. The number of benzene rings is 3. The zero-order valence-corrected chi connectivity index (χ0v) is 21.0. The molecule has 214 valence electrons. The number of ether oxygens (including phenoxy) is 1. The summed E-state index contributed by atoms with van der Waals surface area (Å²) in [7, 11) is 0. The molecular weight excluding hydrogens is 554 g/mol. The lowest BCUT2D eigenvalue weighted by atomic mass is 9.95. The number of hydrogen-bond donors (Lipinski definition) is 3. The molecule has 0 spiro atoms. The predicted molar refractivity (Wildman–Crippen MR) is 139 cm³/mol. The van der Waals surface area contributed by atoms with Gasteiger partial charge in [0.1, 0.15) is 5.75 Å². The van der Waals surface area contributed by atoms with Crippen LogP contribution < -0.4 is 15.4 Å². The Labute approximate surface area is 229 Å². The van der Waals surface area contributed by atoms with E-state index in [0.717, 1.165) is 30.3 Å². The van der Waals surface area contributed by atoms with E-state index in [-0.39, 0.29) is 29.7 Å². The quantitative estimate of drug-likeness (QED) is 0.172. The highest BCUT2D eigenvalue weighted by Crippen LogP contribution is 2.35. The van der Waals surface area contributed by atoms with Gasteiger partial charge in [0.25, 0.3) is 5.91 Å². The van der Waals surface area contributed by atoms with Gasteiger partial charge in [0.15, 0.2) is 6.10 Å². The van der Waals surface area contributed by atoms with Crippen molar-refractivity contribution in [2.45, 2.75) is 24.9 Å². The average molecular weight is 576 g/mol. The van der Waals surface area contributed by atoms with Crippen molar-refractivity contribution in [1.29, 1.82) is 0 Å². The minimum absolute atomic E-state index is 0.114. The van der Waals surface area contributed by atoms with Crippen molar-refractivity contribution < 1.29 is 45.8 Å². The first-order valence-corrected chi connectivity index (χ1v) is 12.1. The Kier molecular flexibility index (Phi) is 8.52. The molecule has 1 aliphatic heterocycles. The SMILES string of the molecule is O=C(C=CC=C(c1ccc(C(F)(F)F)cc1)c1ccc(C(F)(F)F)cc1)Nc1ccc2c(c1)NC(=O)C(CCO)O2. The van der Waals surface area contributed by atoms with Gasteiger partial charge in [-0.3, -0.25) is 9.59 Å². The molecule has 3 aromatic rings. The van der Waals surface area contributed by atoms with Crippen LogP contribution in [0.15, 0.2) is 85.0 Å². The highest BCUT2D eigenvalue weighted by Gasteiger charge is 2.31. The van der Waals surface area contributed by atoms with Gasteiger partial charge in [0.2, 0.25) is 5.91 Å². The Hall–Kier alpha value is -4.58. The van der Waals surface area contributed by atoms with E-state index in [2.05, 4.69) is 10.6 Å². The van der Waals surface area contributed by atoms with Crippen molar-refractivity contribution in [3.05, 3.63) is 107 Å². The number of allylic oxidation sites excluding steroid dienone is 2. The molecule has 0 fully saturated rings. The summed E-state index contributed by atoms with van der Waals surface area (Å²) in [4.78, 5) is 24.6. The third-order valence-corrected chi connectivity index (χ3v) is 6.01. The first-order chi connectivity index (χ1) is 19.3. The second-order valence-electron chi connectivity index (χ2n) is 8.90. The average Bonchev–Trinajstić information content (AvgIpc) is 2.91. The van der Waals surface area contributed by atoms with Crippen LogP contribution >= 0.6 is 0 Å². The van der Waals surface area contributed by atoms with Gasteiger partial charge in [-0.2, -0.15) is 26.3 Å². The molecule has 0 bridgehead atoms. The van der Waals surface area contributed by atoms with E-state index in [0.29, 0.717) is 17.1 Å². The number of nitrogens with one attached hydrogen (secondary N) is 2. The Morgan fingerprint density at radius 3 is 1.98 bits per heavy atom. The summed E-state index contributed by atoms with van der Waals surface area (Å²) in [6.07, 6.45) is -6.03. The van der Waals surface area contributed by atoms with Crippen molar-refractivity contribution in [2.24, 2.45) is 0 Å². The molecule has 0 saturated heterocycles. The topological polar surface area (TPSA) is 87.7 Å². The molecular formula is C29H22F6N2O4. The second-order valence-corrected chi connectivity index (χ2v) is 8.90. The summed E-state index contributed by atoms with van der Waals surface area (Å²) in [6, 6.07) is 12.7. The molecule has 3 N–H and O–H groups in total. The Bertz CT molecular complexity index is 1420. The van der Waals surface area contributed by atoms with Crippen molar-refractivity contribution in [1.82, 2.24) is 0 Å². The lowest BCUT2D eigenvalue weighted by Crippen LogP contribution is -2.37. The molecule has 41 heavy (non-hydrogen) atoms. The van der Waals surface area contributed by atoms with Crippen molar-refractivity contribution >= 4 is 28.8 Å². The number of alkyl halides is 6. The van der Waals surface area contributed by atoms with E-state index >= 15 is 0 Å². The van der Waals surface area contributed by atoms with Crippen LogP contribution in [0.5, 0.6) is 5.75 Å². The van der Waals surface area contributed by atoms with Gasteiger partial charge in [-0.1, -0.05) is 36.4 Å². The van der Waals surface area contributed by atoms with E-state index in [4.69, 9.17) is 9.84 Å². The maximum atomic E-state index is 13.0. The van der Waals surface area contributed by atoms with Gasteiger partial charge in [0.05, 0.1) is 16.8 Å². The fraction of sp³-hybridized carbons (Fsp3) is 0.172. The van der Waals surface area contributed by atoms with Gasteiger partial charge < -0.3 is 20.5 Å². The normalized spacial score (nSPS) is 15.1. The summed E-state index contributed by atoms with van der Waals surface area (Å²) in [5.41, 5.74) is -0.296. The Morgan fingerprint density at radius 2 is 1.46 bits per heavy atom. The zero-order valence-electron chi connectivity index (χ0n) is 21.0. The molecule has 2 amide bonds. The number of anilines is 2. The predicted octanol–water partition coefficient (Wildman–Crippen LogP) is 6.43. The third-order valence-electron chi connectivity index (χ3n) is 6.01. The number of carbonyl (C=O) groups excluding carboxylic acids is 2. The first-order valence-electron chi connectivity index (χ1n) is 12.1. The minimum atomic E-state index is -4.57. The molecule has 1 heterocycles. The van der Waals surface area contributed by atoms with Crippen LogP contribution in [-0.4, -0.2) is 29.6 Å². The summed E-state index contributed by atoms with van der Waals surface area (Å²) >= 11 is 0. The Balaban J connectivity index is 1.55. The summed E-state index contributed by atoms with van der Waals surface area (Å²) < 4.78 is 83.6. The summed E-state index contributed by atoms with van der Waals surface area (Å²) in [6.45, 7) is -0.234. The van der Waals surface area contributed by atoms with E-state index in [9.17, 15) is 35.9 Å². The Morgan fingerprint density at radius 1 is 0.902 bits per heavy atom. The number of amides is 2. The van der Waals surface area contributed by atoms with Crippen LogP contribution in [0.2, 0.25) is 0 Å². The van der Waals surface area contributed by atoms with Crippen LogP contribution in [0.25, 0.3) is 5.57 Å². The van der Waals surface area contributed by atoms with Crippen LogP contribution in [0.4, 0.5) is 37.7 Å². The fourth-order valence-electron chi connectivity index (χ4n) is 3.99. The van der Waals surface area contributed by atoms with E-state index in [1.54, 1.807) is 0 Å². The maximum absolute atomic E-state index is 13.0. The number of hydrogen-bond acceptors (Lipinski definition) is 4.